The van der Waals surface area contributed by atoms with Crippen LogP contribution in [0.3, 0.4) is 0 Å². The summed E-state index contributed by atoms with van der Waals surface area (Å²) in [7, 11) is 0. The normalized spacial score (nSPS) is 51.1. The molecule has 0 amide bonds. The van der Waals surface area contributed by atoms with E-state index in [9.17, 15) is 9.90 Å². The van der Waals surface area contributed by atoms with Crippen LogP contribution in [0.5, 0.6) is 0 Å². The van der Waals surface area contributed by atoms with E-state index in [-0.39, 0.29) is 16.7 Å². The van der Waals surface area contributed by atoms with Gasteiger partial charge in [0.05, 0.1) is 5.60 Å². The molecule has 0 radical (unpaired) electrons. The number of carbonyl (C=O) groups is 1. The molecule has 0 spiro atoms. The van der Waals surface area contributed by atoms with Gasteiger partial charge in [-0.1, -0.05) is 26.0 Å². The molecule has 0 aliphatic heterocycles. The van der Waals surface area contributed by atoms with Crippen LogP contribution in [0.25, 0.3) is 0 Å². The molecule has 18 heavy (non-hydrogen) atoms. The lowest BCUT2D eigenvalue weighted by atomic mass is 9.48. The van der Waals surface area contributed by atoms with Gasteiger partial charge in [0, 0.05) is 10.8 Å². The van der Waals surface area contributed by atoms with E-state index in [0.29, 0.717) is 17.6 Å². The number of rotatable bonds is 1. The molecule has 4 saturated carbocycles. The Morgan fingerprint density at radius 2 is 1.94 bits per heavy atom. The molecule has 0 unspecified atom stereocenters. The van der Waals surface area contributed by atoms with Gasteiger partial charge >= 0.3 is 0 Å². The zero-order valence-electron chi connectivity index (χ0n) is 11.9. The molecule has 5 atom stereocenters. The first-order chi connectivity index (χ1) is 8.09. The van der Waals surface area contributed by atoms with E-state index in [0.717, 1.165) is 19.3 Å². The second-order valence-corrected chi connectivity index (χ2v) is 7.95. The van der Waals surface area contributed by atoms with E-state index < -0.39 is 5.60 Å². The van der Waals surface area contributed by atoms with Crippen LogP contribution in [0.4, 0.5) is 0 Å². The van der Waals surface area contributed by atoms with Gasteiger partial charge in [-0.25, -0.2) is 0 Å². The number of ketones is 1. The molecule has 2 nitrogen and oxygen atoms in total. The van der Waals surface area contributed by atoms with Crippen molar-refractivity contribution in [3.63, 3.8) is 0 Å². The molecule has 4 bridgehead atoms. The van der Waals surface area contributed by atoms with E-state index in [1.165, 1.54) is 5.57 Å². The van der Waals surface area contributed by atoms with Crippen LogP contribution < -0.4 is 0 Å². The third kappa shape index (κ3) is 1.25. The highest BCUT2D eigenvalue weighted by Gasteiger charge is 2.69. The molecule has 4 rings (SSSR count). The van der Waals surface area contributed by atoms with E-state index >= 15 is 0 Å². The number of carbonyl (C=O) groups excluding carboxylic acids is 1. The smallest absolute Gasteiger partial charge is 0.145 e. The SMILES string of the molecule is C=C1C[C@@]2(C)C[C@@H]3[C@H](C(C)(C)O)C[C@](C)(C2=O)[C@@H]13. The third-order valence-corrected chi connectivity index (χ3v) is 5.99. The standard InChI is InChI=1S/C16H24O2/c1-9-6-15(4)7-10-11(14(2,3)18)8-16(5,12(9)10)13(15)17/h10-12,18H,1,6-8H2,2-5H3/t10-,11-,12+,15+,16+/m1/s1. The maximum Gasteiger partial charge on any atom is 0.145 e. The Kier molecular flexibility index (Phi) is 2.13. The fraction of sp³-hybridized carbons (Fsp3) is 0.812. The summed E-state index contributed by atoms with van der Waals surface area (Å²) in [6.45, 7) is 12.2. The average Bonchev–Trinajstić information content (AvgIpc) is 2.47. The van der Waals surface area contributed by atoms with Gasteiger partial charge in [-0.05, 0) is 50.9 Å². The first-order valence-electron chi connectivity index (χ1n) is 7.04. The van der Waals surface area contributed by atoms with Crippen LogP contribution in [0.15, 0.2) is 12.2 Å². The summed E-state index contributed by atoms with van der Waals surface area (Å²) in [5, 5.41) is 10.4. The minimum atomic E-state index is -0.691. The Morgan fingerprint density at radius 1 is 1.33 bits per heavy atom. The lowest BCUT2D eigenvalue weighted by Crippen LogP contribution is -2.54. The largest absolute Gasteiger partial charge is 0.390 e. The summed E-state index contributed by atoms with van der Waals surface area (Å²) in [4.78, 5) is 12.8. The average molecular weight is 248 g/mol. The Labute approximate surface area is 109 Å². The fourth-order valence-electron chi connectivity index (χ4n) is 5.53. The Hall–Kier alpha value is -0.630. The predicted octanol–water partition coefficient (Wildman–Crippen LogP) is 2.95. The molecule has 0 heterocycles. The summed E-state index contributed by atoms with van der Waals surface area (Å²) >= 11 is 0. The molecule has 0 aromatic carbocycles. The van der Waals surface area contributed by atoms with Gasteiger partial charge < -0.3 is 5.11 Å². The molecular formula is C16H24O2. The van der Waals surface area contributed by atoms with Crippen LogP contribution in [0.1, 0.15) is 47.0 Å². The maximum absolute atomic E-state index is 12.8. The minimum absolute atomic E-state index is 0.217. The zero-order valence-corrected chi connectivity index (χ0v) is 11.9. The number of hydrogen-bond acceptors (Lipinski definition) is 2. The van der Waals surface area contributed by atoms with Gasteiger partial charge in [0.15, 0.2) is 0 Å². The summed E-state index contributed by atoms with van der Waals surface area (Å²) in [5.74, 6) is 1.41. The maximum atomic E-state index is 12.8. The number of allylic oxidation sites excluding steroid dienone is 1. The Morgan fingerprint density at radius 3 is 2.50 bits per heavy atom. The van der Waals surface area contributed by atoms with Crippen molar-refractivity contribution < 1.29 is 9.90 Å². The molecule has 1 N–H and O–H groups in total. The summed E-state index contributed by atoms with van der Waals surface area (Å²) in [6, 6.07) is 0. The van der Waals surface area contributed by atoms with Crippen LogP contribution in [-0.4, -0.2) is 16.5 Å². The molecule has 0 saturated heterocycles. The molecule has 0 aromatic heterocycles. The summed E-state index contributed by atoms with van der Waals surface area (Å²) in [5.41, 5.74) is 0.0785. The van der Waals surface area contributed by atoms with E-state index in [1.54, 1.807) is 0 Å². The zero-order chi connectivity index (χ0) is 13.5. The Bertz CT molecular complexity index is 445. The Balaban J connectivity index is 2.12. The van der Waals surface area contributed by atoms with Crippen molar-refractivity contribution in [1.29, 1.82) is 0 Å². The van der Waals surface area contributed by atoms with Crippen molar-refractivity contribution in [1.82, 2.24) is 0 Å². The second-order valence-electron chi connectivity index (χ2n) is 7.95. The molecular weight excluding hydrogens is 224 g/mol. The predicted molar refractivity (Wildman–Crippen MR) is 71.0 cm³/mol. The van der Waals surface area contributed by atoms with Crippen LogP contribution in [0.2, 0.25) is 0 Å². The minimum Gasteiger partial charge on any atom is -0.390 e. The topological polar surface area (TPSA) is 37.3 Å². The van der Waals surface area contributed by atoms with Crippen molar-refractivity contribution in [2.45, 2.75) is 52.6 Å². The van der Waals surface area contributed by atoms with Crippen molar-refractivity contribution in [3.8, 4) is 0 Å². The molecule has 4 aliphatic rings. The molecule has 2 heteroatoms. The van der Waals surface area contributed by atoms with E-state index in [1.807, 2.05) is 13.8 Å². The van der Waals surface area contributed by atoms with Gasteiger partial charge in [0.2, 0.25) is 0 Å². The summed E-state index contributed by atoms with van der Waals surface area (Å²) < 4.78 is 0. The van der Waals surface area contributed by atoms with Crippen molar-refractivity contribution in [2.24, 2.45) is 28.6 Å². The number of hydrogen-bond donors (Lipinski definition) is 1. The van der Waals surface area contributed by atoms with Crippen molar-refractivity contribution in [2.75, 3.05) is 0 Å². The van der Waals surface area contributed by atoms with E-state index in [2.05, 4.69) is 20.4 Å². The second kappa shape index (κ2) is 3.09. The highest BCUT2D eigenvalue weighted by Crippen LogP contribution is 2.69. The highest BCUT2D eigenvalue weighted by atomic mass is 16.3. The van der Waals surface area contributed by atoms with Crippen LogP contribution in [0, 0.1) is 28.6 Å². The van der Waals surface area contributed by atoms with Crippen molar-refractivity contribution in [3.05, 3.63) is 12.2 Å². The quantitative estimate of drug-likeness (QED) is 0.724. The highest BCUT2D eigenvalue weighted by molar-refractivity contribution is 5.93. The first-order valence-corrected chi connectivity index (χ1v) is 7.04. The van der Waals surface area contributed by atoms with Crippen LogP contribution in [-0.2, 0) is 4.79 Å². The lowest BCUT2D eigenvalue weighted by Gasteiger charge is -2.54. The van der Waals surface area contributed by atoms with Crippen LogP contribution >= 0.6 is 0 Å². The molecule has 4 aliphatic carbocycles. The first kappa shape index (κ1) is 12.4. The van der Waals surface area contributed by atoms with Gasteiger partial charge in [0.25, 0.3) is 0 Å². The van der Waals surface area contributed by atoms with Gasteiger partial charge in [0.1, 0.15) is 5.78 Å². The van der Waals surface area contributed by atoms with Crippen molar-refractivity contribution >= 4 is 5.78 Å². The van der Waals surface area contributed by atoms with Gasteiger partial charge in [-0.15, -0.1) is 0 Å². The number of aliphatic hydroxyl groups is 1. The third-order valence-electron chi connectivity index (χ3n) is 5.99. The molecule has 100 valence electrons. The monoisotopic (exact) mass is 248 g/mol. The number of Topliss-reactive ketones (excluding diaryl/α,β-unsaturated/α-hetero) is 1. The molecule has 4 fully saturated rings. The molecule has 0 aromatic rings. The number of fused-ring (bicyclic) bond motifs is 1. The fourth-order valence-corrected chi connectivity index (χ4v) is 5.53. The van der Waals surface area contributed by atoms with Gasteiger partial charge in [-0.3, -0.25) is 4.79 Å². The lowest BCUT2D eigenvalue weighted by molar-refractivity contribution is -0.149. The van der Waals surface area contributed by atoms with Gasteiger partial charge in [-0.2, -0.15) is 0 Å². The summed E-state index contributed by atoms with van der Waals surface area (Å²) in [6.07, 6.45) is 2.64. The van der Waals surface area contributed by atoms with E-state index in [4.69, 9.17) is 0 Å².